The van der Waals surface area contributed by atoms with Crippen molar-refractivity contribution in [2.24, 2.45) is 17.1 Å². The zero-order valence-corrected chi connectivity index (χ0v) is 18.3. The number of amides is 3. The summed E-state index contributed by atoms with van der Waals surface area (Å²) >= 11 is 0. The molecule has 2 fully saturated rings. The van der Waals surface area contributed by atoms with E-state index in [1.54, 1.807) is 42.7 Å². The molecule has 3 heterocycles. The van der Waals surface area contributed by atoms with Crippen LogP contribution in [0.4, 0.5) is 0 Å². The number of likely N-dealkylation sites (tertiary alicyclic amines) is 1. The molecule has 1 atom stereocenters. The minimum Gasteiger partial charge on any atom is -0.449 e. The fraction of sp³-hybridized carbons (Fsp3) is 0.360. The van der Waals surface area contributed by atoms with Crippen LogP contribution in [0.5, 0.6) is 0 Å². The smallest absolute Gasteiger partial charge is 0.287 e. The average molecular weight is 447 g/mol. The van der Waals surface area contributed by atoms with E-state index >= 15 is 0 Å². The molecule has 1 saturated carbocycles. The molecule has 1 aliphatic heterocycles. The standard InChI is InChI=1S/C25H26N4O4/c26-22(30)11-16-1-3-17(4-2-16)24(32)29-9-6-25(7-10-29)13-19(25)14-28-23(31)20-12-18-5-8-27-15-21(18)33-20/h1-5,8,12,15,19H,6-7,9-11,13-14H2,(H2,26,30)(H,28,31). The molecular weight excluding hydrogens is 420 g/mol. The molecule has 33 heavy (non-hydrogen) atoms. The summed E-state index contributed by atoms with van der Waals surface area (Å²) < 4.78 is 5.59. The van der Waals surface area contributed by atoms with Crippen molar-refractivity contribution >= 4 is 28.7 Å². The first-order valence-electron chi connectivity index (χ1n) is 11.2. The Morgan fingerprint density at radius 3 is 2.61 bits per heavy atom. The number of benzene rings is 1. The molecule has 170 valence electrons. The van der Waals surface area contributed by atoms with Crippen LogP contribution in [-0.2, 0) is 11.2 Å². The first kappa shape index (κ1) is 21.2. The van der Waals surface area contributed by atoms with Gasteiger partial charge in [0.05, 0.1) is 12.6 Å². The molecule has 2 aliphatic rings. The van der Waals surface area contributed by atoms with E-state index < -0.39 is 0 Å². The van der Waals surface area contributed by atoms with Gasteiger partial charge in [0.1, 0.15) is 0 Å². The van der Waals surface area contributed by atoms with E-state index in [9.17, 15) is 14.4 Å². The van der Waals surface area contributed by atoms with Crippen LogP contribution in [0.3, 0.4) is 0 Å². The Kier molecular flexibility index (Phi) is 5.36. The highest BCUT2D eigenvalue weighted by molar-refractivity contribution is 5.96. The van der Waals surface area contributed by atoms with Gasteiger partial charge in [-0.25, -0.2) is 0 Å². The topological polar surface area (TPSA) is 119 Å². The SMILES string of the molecule is NC(=O)Cc1ccc(C(=O)N2CCC3(CC2)CC3CNC(=O)c2cc3ccncc3o2)cc1. The van der Waals surface area contributed by atoms with Gasteiger partial charge in [0.2, 0.25) is 5.91 Å². The van der Waals surface area contributed by atoms with E-state index in [1.165, 1.54) is 0 Å². The van der Waals surface area contributed by atoms with E-state index in [0.29, 0.717) is 42.5 Å². The third-order valence-electron chi connectivity index (χ3n) is 7.04. The van der Waals surface area contributed by atoms with Crippen LogP contribution >= 0.6 is 0 Å². The Hall–Kier alpha value is -3.68. The summed E-state index contributed by atoms with van der Waals surface area (Å²) in [6.45, 7) is 2.04. The van der Waals surface area contributed by atoms with Crippen molar-refractivity contribution in [3.8, 4) is 0 Å². The average Bonchev–Trinajstić information content (AvgIpc) is 3.29. The van der Waals surface area contributed by atoms with Crippen LogP contribution in [0.2, 0.25) is 0 Å². The zero-order valence-electron chi connectivity index (χ0n) is 18.3. The number of carbonyl (C=O) groups excluding carboxylic acids is 3. The summed E-state index contributed by atoms with van der Waals surface area (Å²) in [6, 6.07) is 10.6. The lowest BCUT2D eigenvalue weighted by Crippen LogP contribution is -2.40. The maximum Gasteiger partial charge on any atom is 0.287 e. The fourth-order valence-electron chi connectivity index (χ4n) is 4.94. The highest BCUT2D eigenvalue weighted by atomic mass is 16.3. The second kappa shape index (κ2) is 8.35. The fourth-order valence-corrected chi connectivity index (χ4v) is 4.94. The molecule has 3 aromatic rings. The highest BCUT2D eigenvalue weighted by Crippen LogP contribution is 2.59. The molecule has 3 N–H and O–H groups in total. The molecule has 0 bridgehead atoms. The summed E-state index contributed by atoms with van der Waals surface area (Å²) in [6.07, 6.45) is 6.40. The Morgan fingerprint density at radius 2 is 1.91 bits per heavy atom. The minimum atomic E-state index is -0.388. The van der Waals surface area contributed by atoms with Crippen molar-refractivity contribution in [2.75, 3.05) is 19.6 Å². The van der Waals surface area contributed by atoms with Crippen molar-refractivity contribution in [2.45, 2.75) is 25.7 Å². The molecule has 1 saturated heterocycles. The second-order valence-corrected chi connectivity index (χ2v) is 9.13. The number of aromatic nitrogens is 1. The number of rotatable bonds is 6. The van der Waals surface area contributed by atoms with Gasteiger partial charge in [-0.3, -0.25) is 19.4 Å². The summed E-state index contributed by atoms with van der Waals surface area (Å²) in [5.41, 5.74) is 7.47. The second-order valence-electron chi connectivity index (χ2n) is 9.13. The number of carbonyl (C=O) groups is 3. The van der Waals surface area contributed by atoms with Crippen molar-refractivity contribution in [3.63, 3.8) is 0 Å². The molecule has 1 spiro atoms. The molecule has 0 radical (unpaired) electrons. The quantitative estimate of drug-likeness (QED) is 0.603. The number of nitrogens with two attached hydrogens (primary N) is 1. The first-order chi connectivity index (χ1) is 15.9. The largest absolute Gasteiger partial charge is 0.449 e. The number of piperidine rings is 1. The van der Waals surface area contributed by atoms with Gasteiger partial charge in [0, 0.05) is 36.8 Å². The van der Waals surface area contributed by atoms with Gasteiger partial charge in [0.15, 0.2) is 11.3 Å². The number of nitrogens with one attached hydrogen (secondary N) is 1. The molecule has 2 aromatic heterocycles. The summed E-state index contributed by atoms with van der Waals surface area (Å²) in [4.78, 5) is 42.3. The number of primary amides is 1. The van der Waals surface area contributed by atoms with Gasteiger partial charge in [0.25, 0.3) is 11.8 Å². The van der Waals surface area contributed by atoms with E-state index in [0.717, 1.165) is 30.2 Å². The van der Waals surface area contributed by atoms with Gasteiger partial charge in [-0.15, -0.1) is 0 Å². The van der Waals surface area contributed by atoms with Gasteiger partial charge >= 0.3 is 0 Å². The predicted molar refractivity (Wildman–Crippen MR) is 121 cm³/mol. The van der Waals surface area contributed by atoms with Gasteiger partial charge in [-0.1, -0.05) is 12.1 Å². The maximum absolute atomic E-state index is 12.9. The Balaban J connectivity index is 1.11. The Morgan fingerprint density at radius 1 is 1.15 bits per heavy atom. The normalized spacial score (nSPS) is 18.9. The zero-order chi connectivity index (χ0) is 23.0. The third-order valence-corrected chi connectivity index (χ3v) is 7.04. The Labute approximate surface area is 191 Å². The van der Waals surface area contributed by atoms with Crippen LogP contribution in [0, 0.1) is 11.3 Å². The lowest BCUT2D eigenvalue weighted by Gasteiger charge is -2.33. The van der Waals surface area contributed by atoms with Crippen LogP contribution < -0.4 is 11.1 Å². The van der Waals surface area contributed by atoms with Crippen LogP contribution in [0.25, 0.3) is 11.0 Å². The molecular formula is C25H26N4O4. The summed E-state index contributed by atoms with van der Waals surface area (Å²) in [5.74, 6) is 0.147. The number of pyridine rings is 1. The van der Waals surface area contributed by atoms with Crippen molar-refractivity contribution in [1.29, 1.82) is 0 Å². The molecule has 1 aliphatic carbocycles. The van der Waals surface area contributed by atoms with Crippen molar-refractivity contribution < 1.29 is 18.8 Å². The minimum absolute atomic E-state index is 0.0142. The van der Waals surface area contributed by atoms with Gasteiger partial charge in [-0.05, 0) is 60.4 Å². The summed E-state index contributed by atoms with van der Waals surface area (Å²) in [7, 11) is 0. The van der Waals surface area contributed by atoms with E-state index in [2.05, 4.69) is 10.3 Å². The van der Waals surface area contributed by atoms with Crippen LogP contribution in [0.1, 0.15) is 45.7 Å². The van der Waals surface area contributed by atoms with E-state index in [4.69, 9.17) is 10.2 Å². The third kappa shape index (κ3) is 4.33. The number of fused-ring (bicyclic) bond motifs is 1. The first-order valence-corrected chi connectivity index (χ1v) is 11.2. The molecule has 8 heteroatoms. The molecule has 1 unspecified atom stereocenters. The Bertz CT molecular complexity index is 1180. The molecule has 3 amide bonds. The number of nitrogens with zero attached hydrogens (tertiary/aromatic N) is 2. The predicted octanol–water partition coefficient (Wildman–Crippen LogP) is 2.53. The number of hydrogen-bond donors (Lipinski definition) is 2. The molecule has 1 aromatic carbocycles. The maximum atomic E-state index is 12.9. The van der Waals surface area contributed by atoms with Crippen molar-refractivity contribution in [1.82, 2.24) is 15.2 Å². The number of hydrogen-bond acceptors (Lipinski definition) is 5. The monoisotopic (exact) mass is 446 g/mol. The van der Waals surface area contributed by atoms with Crippen LogP contribution in [0.15, 0.2) is 53.2 Å². The lowest BCUT2D eigenvalue weighted by molar-refractivity contribution is -0.117. The van der Waals surface area contributed by atoms with E-state index in [-0.39, 0.29) is 29.6 Å². The van der Waals surface area contributed by atoms with Crippen LogP contribution in [-0.4, -0.2) is 47.2 Å². The lowest BCUT2D eigenvalue weighted by atomic mass is 9.90. The highest BCUT2D eigenvalue weighted by Gasteiger charge is 2.54. The van der Waals surface area contributed by atoms with Gasteiger partial charge in [-0.2, -0.15) is 0 Å². The molecule has 8 nitrogen and oxygen atoms in total. The molecule has 5 rings (SSSR count). The van der Waals surface area contributed by atoms with Crippen molar-refractivity contribution in [3.05, 3.63) is 65.7 Å². The number of furan rings is 1. The van der Waals surface area contributed by atoms with Gasteiger partial charge < -0.3 is 20.4 Å². The van der Waals surface area contributed by atoms with E-state index in [1.807, 2.05) is 11.0 Å². The summed E-state index contributed by atoms with van der Waals surface area (Å²) in [5, 5.41) is 3.86.